The Balaban J connectivity index is 1.58. The Morgan fingerprint density at radius 3 is 2.69 bits per heavy atom. The number of aromatic nitrogens is 2. The van der Waals surface area contributed by atoms with Gasteiger partial charge in [0.25, 0.3) is 0 Å². The first-order valence-electron chi connectivity index (χ1n) is 9.16. The molecule has 7 nitrogen and oxygen atoms in total. The Kier molecular flexibility index (Phi) is 4.88. The van der Waals surface area contributed by atoms with E-state index in [4.69, 9.17) is 14.6 Å². The van der Waals surface area contributed by atoms with Crippen molar-refractivity contribution in [2.45, 2.75) is 31.8 Å². The minimum absolute atomic E-state index is 0.0361. The summed E-state index contributed by atoms with van der Waals surface area (Å²) in [5.41, 5.74) is 1.94. The predicted molar refractivity (Wildman–Crippen MR) is 96.6 cm³/mol. The van der Waals surface area contributed by atoms with Crippen LogP contribution in [0.15, 0.2) is 24.7 Å². The summed E-state index contributed by atoms with van der Waals surface area (Å²) >= 11 is 0. The highest BCUT2D eigenvalue weighted by Gasteiger charge is 2.27. The summed E-state index contributed by atoms with van der Waals surface area (Å²) in [6.45, 7) is 3.13. The lowest BCUT2D eigenvalue weighted by atomic mass is 9.87. The lowest BCUT2D eigenvalue weighted by Crippen LogP contribution is -2.36. The first-order chi connectivity index (χ1) is 12.7. The molecule has 7 heteroatoms. The van der Waals surface area contributed by atoms with Crippen LogP contribution < -0.4 is 9.64 Å². The number of nitrogens with zero attached hydrogens (tertiary/aromatic N) is 3. The molecule has 2 aliphatic rings. The van der Waals surface area contributed by atoms with Crippen LogP contribution in [0, 0.1) is 5.92 Å². The zero-order valence-electron chi connectivity index (χ0n) is 14.6. The standard InChI is InChI=1S/C19H23N3O4/c23-19(24)13-1-3-15(4-2-13)26-18-10-14(22-5-7-25-8-6-22)9-17-16(18)11-20-12-21-17/h9-13,15H,1-8H2,(H,23,24)/t13-,15+. The van der Waals surface area contributed by atoms with Gasteiger partial charge in [-0.15, -0.1) is 0 Å². The molecule has 0 unspecified atom stereocenters. The summed E-state index contributed by atoms with van der Waals surface area (Å²) < 4.78 is 11.7. The number of hydrogen-bond donors (Lipinski definition) is 1. The lowest BCUT2D eigenvalue weighted by Gasteiger charge is -2.30. The van der Waals surface area contributed by atoms with E-state index >= 15 is 0 Å². The number of morpholine rings is 1. The van der Waals surface area contributed by atoms with Gasteiger partial charge < -0.3 is 19.5 Å². The van der Waals surface area contributed by atoms with Gasteiger partial charge in [-0.3, -0.25) is 4.79 Å². The quantitative estimate of drug-likeness (QED) is 0.900. The highest BCUT2D eigenvalue weighted by atomic mass is 16.5. The van der Waals surface area contributed by atoms with Crippen LogP contribution in [-0.2, 0) is 9.53 Å². The largest absolute Gasteiger partial charge is 0.490 e. The Bertz CT molecular complexity index is 783. The van der Waals surface area contributed by atoms with E-state index in [1.807, 2.05) is 0 Å². The molecular weight excluding hydrogens is 334 g/mol. The average Bonchev–Trinajstić information content (AvgIpc) is 2.69. The molecule has 1 aromatic carbocycles. The average molecular weight is 357 g/mol. The second-order valence-electron chi connectivity index (χ2n) is 6.93. The zero-order valence-corrected chi connectivity index (χ0v) is 14.6. The number of anilines is 1. The molecule has 1 aromatic heterocycles. The van der Waals surface area contributed by atoms with E-state index in [1.165, 1.54) is 0 Å². The molecule has 0 radical (unpaired) electrons. The molecule has 1 aliphatic heterocycles. The summed E-state index contributed by atoms with van der Waals surface area (Å²) in [7, 11) is 0. The molecule has 1 saturated heterocycles. The number of hydrogen-bond acceptors (Lipinski definition) is 6. The van der Waals surface area contributed by atoms with Crippen molar-refractivity contribution < 1.29 is 19.4 Å². The van der Waals surface area contributed by atoms with Crippen LogP contribution in [0.3, 0.4) is 0 Å². The van der Waals surface area contributed by atoms with Gasteiger partial charge in [0.15, 0.2) is 0 Å². The zero-order chi connectivity index (χ0) is 17.9. The van der Waals surface area contributed by atoms with Crippen molar-refractivity contribution in [2.24, 2.45) is 5.92 Å². The second-order valence-corrected chi connectivity index (χ2v) is 6.93. The maximum atomic E-state index is 11.1. The molecular formula is C19H23N3O4. The van der Waals surface area contributed by atoms with Crippen molar-refractivity contribution in [1.82, 2.24) is 9.97 Å². The fourth-order valence-electron chi connectivity index (χ4n) is 3.75. The monoisotopic (exact) mass is 357 g/mol. The number of ether oxygens (including phenoxy) is 2. The molecule has 0 spiro atoms. The third kappa shape index (κ3) is 3.58. The normalized spacial score (nSPS) is 23.8. The maximum absolute atomic E-state index is 11.1. The van der Waals surface area contributed by atoms with E-state index in [2.05, 4.69) is 27.0 Å². The number of fused-ring (bicyclic) bond motifs is 1. The van der Waals surface area contributed by atoms with Crippen LogP contribution in [0.25, 0.3) is 10.9 Å². The third-order valence-electron chi connectivity index (χ3n) is 5.27. The minimum atomic E-state index is -0.698. The molecule has 2 heterocycles. The fraction of sp³-hybridized carbons (Fsp3) is 0.526. The minimum Gasteiger partial charge on any atom is -0.490 e. The van der Waals surface area contributed by atoms with Crippen molar-refractivity contribution in [3.05, 3.63) is 24.7 Å². The molecule has 4 rings (SSSR count). The summed E-state index contributed by atoms with van der Waals surface area (Å²) in [4.78, 5) is 22.0. The Hall–Kier alpha value is -2.41. The summed E-state index contributed by atoms with van der Waals surface area (Å²) in [6.07, 6.45) is 6.21. The highest BCUT2D eigenvalue weighted by molar-refractivity contribution is 5.88. The molecule has 0 bridgehead atoms. The SMILES string of the molecule is O=C(O)[C@H]1CC[C@@H](Oc2cc(N3CCOCC3)cc3ncncc23)CC1. The number of rotatable bonds is 4. The molecule has 138 valence electrons. The molecule has 2 fully saturated rings. The van der Waals surface area contributed by atoms with E-state index in [0.29, 0.717) is 12.8 Å². The topological polar surface area (TPSA) is 84.8 Å². The first-order valence-corrected chi connectivity index (χ1v) is 9.16. The van der Waals surface area contributed by atoms with E-state index < -0.39 is 5.97 Å². The van der Waals surface area contributed by atoms with Crippen LogP contribution >= 0.6 is 0 Å². The van der Waals surface area contributed by atoms with Crippen LogP contribution in [0.5, 0.6) is 5.75 Å². The number of aliphatic carboxylic acids is 1. The summed E-state index contributed by atoms with van der Waals surface area (Å²) in [5.74, 6) is -0.158. The van der Waals surface area contributed by atoms with Crippen molar-refractivity contribution in [3.8, 4) is 5.75 Å². The number of benzene rings is 1. The van der Waals surface area contributed by atoms with E-state index in [1.54, 1.807) is 12.5 Å². The van der Waals surface area contributed by atoms with Gasteiger partial charge in [-0.25, -0.2) is 9.97 Å². The van der Waals surface area contributed by atoms with Crippen LogP contribution in [0.4, 0.5) is 5.69 Å². The van der Waals surface area contributed by atoms with Crippen molar-refractivity contribution >= 4 is 22.6 Å². The van der Waals surface area contributed by atoms with E-state index in [-0.39, 0.29) is 12.0 Å². The summed E-state index contributed by atoms with van der Waals surface area (Å²) in [5, 5.41) is 10.1. The molecule has 0 atom stereocenters. The van der Waals surface area contributed by atoms with Gasteiger partial charge >= 0.3 is 5.97 Å². The molecule has 1 saturated carbocycles. The van der Waals surface area contributed by atoms with Gasteiger partial charge in [-0.1, -0.05) is 0 Å². The van der Waals surface area contributed by atoms with Crippen LogP contribution in [0.1, 0.15) is 25.7 Å². The van der Waals surface area contributed by atoms with Crippen molar-refractivity contribution in [2.75, 3.05) is 31.2 Å². The van der Waals surface area contributed by atoms with E-state index in [9.17, 15) is 4.79 Å². The Morgan fingerprint density at radius 1 is 1.19 bits per heavy atom. The van der Waals surface area contributed by atoms with E-state index in [0.717, 1.165) is 61.5 Å². The molecule has 0 amide bonds. The number of carbonyl (C=O) groups is 1. The van der Waals surface area contributed by atoms with Crippen molar-refractivity contribution in [3.63, 3.8) is 0 Å². The Morgan fingerprint density at radius 2 is 1.96 bits per heavy atom. The first kappa shape index (κ1) is 17.0. The fourth-order valence-corrected chi connectivity index (χ4v) is 3.75. The predicted octanol–water partition coefficient (Wildman–Crippen LogP) is 2.49. The molecule has 2 aromatic rings. The van der Waals surface area contributed by atoms with Gasteiger partial charge in [-0.2, -0.15) is 0 Å². The van der Waals surface area contributed by atoms with Gasteiger partial charge in [-0.05, 0) is 31.7 Å². The third-order valence-corrected chi connectivity index (χ3v) is 5.27. The van der Waals surface area contributed by atoms with Crippen LogP contribution in [-0.4, -0.2) is 53.5 Å². The number of carboxylic acid groups (broad SMARTS) is 1. The van der Waals surface area contributed by atoms with Crippen LogP contribution in [0.2, 0.25) is 0 Å². The maximum Gasteiger partial charge on any atom is 0.306 e. The van der Waals surface area contributed by atoms with Gasteiger partial charge in [0.1, 0.15) is 12.1 Å². The molecule has 1 aliphatic carbocycles. The summed E-state index contributed by atoms with van der Waals surface area (Å²) in [6, 6.07) is 4.12. The highest BCUT2D eigenvalue weighted by Crippen LogP contribution is 2.34. The molecule has 26 heavy (non-hydrogen) atoms. The van der Waals surface area contributed by atoms with Gasteiger partial charge in [0.05, 0.1) is 36.1 Å². The number of carboxylic acids is 1. The van der Waals surface area contributed by atoms with Gasteiger partial charge in [0, 0.05) is 31.0 Å². The van der Waals surface area contributed by atoms with Crippen molar-refractivity contribution in [1.29, 1.82) is 0 Å². The Labute approximate surface area is 151 Å². The molecule has 1 N–H and O–H groups in total. The second kappa shape index (κ2) is 7.45. The lowest BCUT2D eigenvalue weighted by molar-refractivity contribution is -0.143. The van der Waals surface area contributed by atoms with Gasteiger partial charge in [0.2, 0.25) is 0 Å². The smallest absolute Gasteiger partial charge is 0.306 e.